The lowest BCUT2D eigenvalue weighted by Crippen LogP contribution is -2.24. The van der Waals surface area contributed by atoms with Gasteiger partial charge in [0.1, 0.15) is 0 Å². The summed E-state index contributed by atoms with van der Waals surface area (Å²) in [6, 6.07) is -0.495. The van der Waals surface area contributed by atoms with Crippen molar-refractivity contribution in [3.05, 3.63) is 0 Å². The highest BCUT2D eigenvalue weighted by Gasteiger charge is 1.72. The summed E-state index contributed by atoms with van der Waals surface area (Å²) in [7, 11) is 1.47. The Morgan fingerprint density at radius 1 is 1.83 bits per heavy atom. The van der Waals surface area contributed by atoms with E-state index in [2.05, 4.69) is 11.1 Å². The van der Waals surface area contributed by atoms with Crippen LogP contribution in [0.25, 0.3) is 0 Å². The number of halogens is 1. The highest BCUT2D eigenvalue weighted by molar-refractivity contribution is 5.71. The fourth-order valence-corrected chi connectivity index (χ4v) is 0. The SMILES string of the molecule is CNC(N)=O.F. The van der Waals surface area contributed by atoms with E-state index in [-0.39, 0.29) is 4.70 Å². The lowest BCUT2D eigenvalue weighted by molar-refractivity contribution is 0.251. The highest BCUT2D eigenvalue weighted by atomic mass is 19.0. The van der Waals surface area contributed by atoms with Crippen LogP contribution in [0.2, 0.25) is 0 Å². The van der Waals surface area contributed by atoms with Gasteiger partial charge < -0.3 is 11.1 Å². The van der Waals surface area contributed by atoms with Gasteiger partial charge in [-0.05, 0) is 0 Å². The molecule has 0 fully saturated rings. The van der Waals surface area contributed by atoms with E-state index >= 15 is 0 Å². The molecule has 0 unspecified atom stereocenters. The normalized spacial score (nSPS) is 5.50. The van der Waals surface area contributed by atoms with E-state index in [9.17, 15) is 4.79 Å². The fourth-order valence-electron chi connectivity index (χ4n) is 0. The Morgan fingerprint density at radius 2 is 2.00 bits per heavy atom. The molecule has 0 rings (SSSR count). The number of nitrogens with one attached hydrogen (secondary N) is 1. The number of hydrogen-bond acceptors (Lipinski definition) is 1. The van der Waals surface area contributed by atoms with Crippen LogP contribution in [0, 0.1) is 0 Å². The molecule has 0 bridgehead atoms. The number of nitrogens with two attached hydrogens (primary N) is 1. The van der Waals surface area contributed by atoms with Crippen LogP contribution in [-0.2, 0) is 0 Å². The molecule has 0 aromatic carbocycles. The third-order valence-electron chi connectivity index (χ3n) is 0.246. The predicted octanol–water partition coefficient (Wildman–Crippen LogP) is -0.563. The van der Waals surface area contributed by atoms with Crippen molar-refractivity contribution in [2.24, 2.45) is 5.73 Å². The third kappa shape index (κ3) is 10.8. The maximum absolute atomic E-state index is 9.48. The molecule has 0 saturated heterocycles. The molecule has 0 aromatic rings. The van der Waals surface area contributed by atoms with Gasteiger partial charge in [-0.15, -0.1) is 0 Å². The molecule has 0 heterocycles. The first-order chi connectivity index (χ1) is 2.27. The summed E-state index contributed by atoms with van der Waals surface area (Å²) in [4.78, 5) is 9.48. The van der Waals surface area contributed by atoms with E-state index in [1.165, 1.54) is 7.05 Å². The number of urea groups is 1. The molecule has 0 aliphatic rings. The van der Waals surface area contributed by atoms with E-state index in [1.54, 1.807) is 0 Å². The zero-order valence-corrected chi connectivity index (χ0v) is 3.39. The number of primary amides is 1. The van der Waals surface area contributed by atoms with Gasteiger partial charge in [-0.3, -0.25) is 4.70 Å². The van der Waals surface area contributed by atoms with E-state index in [1.807, 2.05) is 0 Å². The lowest BCUT2D eigenvalue weighted by Gasteiger charge is -1.80. The molecule has 3 nitrogen and oxygen atoms in total. The van der Waals surface area contributed by atoms with Gasteiger partial charge in [-0.2, -0.15) is 0 Å². The Balaban J connectivity index is 0. The van der Waals surface area contributed by atoms with Crippen LogP contribution in [0.1, 0.15) is 0 Å². The maximum atomic E-state index is 9.48. The Labute approximate surface area is 34.9 Å². The Hall–Kier alpha value is -0.800. The van der Waals surface area contributed by atoms with E-state index in [0.717, 1.165) is 0 Å². The summed E-state index contributed by atoms with van der Waals surface area (Å²) in [5, 5.41) is 2.17. The Kier molecular flexibility index (Phi) is 6.27. The monoisotopic (exact) mass is 94.1 g/mol. The molecule has 0 atom stereocenters. The van der Waals surface area contributed by atoms with Gasteiger partial charge in [0.15, 0.2) is 0 Å². The van der Waals surface area contributed by atoms with Gasteiger partial charge >= 0.3 is 6.03 Å². The fraction of sp³-hybridized carbons (Fsp3) is 0.500. The molecular weight excluding hydrogens is 87.0 g/mol. The third-order valence-corrected chi connectivity index (χ3v) is 0.246. The summed E-state index contributed by atoms with van der Waals surface area (Å²) in [6.45, 7) is 0. The highest BCUT2D eigenvalue weighted by Crippen LogP contribution is 1.38. The van der Waals surface area contributed by atoms with Gasteiger partial charge in [-0.25, -0.2) is 4.79 Å². The van der Waals surface area contributed by atoms with Crippen LogP contribution >= 0.6 is 0 Å². The topological polar surface area (TPSA) is 55.1 Å². The molecule has 0 spiro atoms. The number of carbonyl (C=O) groups is 1. The summed E-state index contributed by atoms with van der Waals surface area (Å²) < 4.78 is 0. The average molecular weight is 94.1 g/mol. The molecule has 0 radical (unpaired) electrons. The zero-order valence-electron chi connectivity index (χ0n) is 3.39. The van der Waals surface area contributed by atoms with Crippen LogP contribution in [-0.4, -0.2) is 13.1 Å². The van der Waals surface area contributed by atoms with Crippen molar-refractivity contribution in [3.63, 3.8) is 0 Å². The van der Waals surface area contributed by atoms with Crippen LogP contribution < -0.4 is 11.1 Å². The molecule has 6 heavy (non-hydrogen) atoms. The van der Waals surface area contributed by atoms with Crippen molar-refractivity contribution in [2.45, 2.75) is 0 Å². The molecule has 4 heteroatoms. The first-order valence-electron chi connectivity index (χ1n) is 1.24. The summed E-state index contributed by atoms with van der Waals surface area (Å²) in [6.07, 6.45) is 0. The number of carbonyl (C=O) groups excluding carboxylic acids is 1. The minimum atomic E-state index is -0.495. The second-order valence-electron chi connectivity index (χ2n) is 0.614. The second kappa shape index (κ2) is 4.20. The molecule has 0 aromatic heterocycles. The van der Waals surface area contributed by atoms with Gasteiger partial charge in [0.05, 0.1) is 0 Å². The van der Waals surface area contributed by atoms with Gasteiger partial charge in [0, 0.05) is 7.05 Å². The lowest BCUT2D eigenvalue weighted by atomic mass is 11.1. The van der Waals surface area contributed by atoms with Crippen molar-refractivity contribution in [1.82, 2.24) is 5.32 Å². The van der Waals surface area contributed by atoms with Crippen LogP contribution in [0.5, 0.6) is 0 Å². The van der Waals surface area contributed by atoms with Crippen LogP contribution in [0.15, 0.2) is 0 Å². The van der Waals surface area contributed by atoms with Crippen molar-refractivity contribution in [1.29, 1.82) is 0 Å². The van der Waals surface area contributed by atoms with Crippen molar-refractivity contribution >= 4 is 6.03 Å². The van der Waals surface area contributed by atoms with E-state index in [0.29, 0.717) is 0 Å². The zero-order chi connectivity index (χ0) is 4.28. The summed E-state index contributed by atoms with van der Waals surface area (Å²) >= 11 is 0. The standard InChI is InChI=1S/C2H6N2O.FH/c1-4-2(3)5;/h1H3,(H3,3,4,5);1H. The molecule has 0 saturated carbocycles. The minimum Gasteiger partial charge on any atom is -0.352 e. The maximum Gasteiger partial charge on any atom is 0.311 e. The van der Waals surface area contributed by atoms with Crippen molar-refractivity contribution < 1.29 is 9.50 Å². The average Bonchev–Trinajstić information content (AvgIpc) is 1.38. The quantitative estimate of drug-likeness (QED) is 0.415. The van der Waals surface area contributed by atoms with Crippen molar-refractivity contribution in [3.8, 4) is 0 Å². The number of rotatable bonds is 0. The molecule has 2 amide bonds. The Bertz CT molecular complexity index is 46.8. The molecule has 0 aliphatic heterocycles. The van der Waals surface area contributed by atoms with Crippen molar-refractivity contribution in [2.75, 3.05) is 7.05 Å². The number of hydrogen-bond donors (Lipinski definition) is 2. The first kappa shape index (κ1) is 8.96. The first-order valence-corrected chi connectivity index (χ1v) is 1.24. The minimum absolute atomic E-state index is 0. The van der Waals surface area contributed by atoms with Gasteiger partial charge in [0.25, 0.3) is 0 Å². The Morgan fingerprint density at radius 3 is 2.00 bits per heavy atom. The van der Waals surface area contributed by atoms with E-state index in [4.69, 9.17) is 0 Å². The van der Waals surface area contributed by atoms with Crippen LogP contribution in [0.4, 0.5) is 9.50 Å². The van der Waals surface area contributed by atoms with E-state index < -0.39 is 6.03 Å². The molecular formula is C2H7FN2O. The summed E-state index contributed by atoms with van der Waals surface area (Å²) in [5.41, 5.74) is 4.54. The van der Waals surface area contributed by atoms with Gasteiger partial charge in [0.2, 0.25) is 0 Å². The second-order valence-corrected chi connectivity index (χ2v) is 0.614. The predicted molar refractivity (Wildman–Crippen MR) is 21.1 cm³/mol. The largest absolute Gasteiger partial charge is 0.352 e. The smallest absolute Gasteiger partial charge is 0.311 e. The van der Waals surface area contributed by atoms with Gasteiger partial charge in [-0.1, -0.05) is 0 Å². The molecule has 3 N–H and O–H groups in total. The van der Waals surface area contributed by atoms with Crippen LogP contribution in [0.3, 0.4) is 0 Å². The molecule has 0 aliphatic carbocycles. The number of amides is 2. The molecule has 38 valence electrons. The summed E-state index contributed by atoms with van der Waals surface area (Å²) in [5.74, 6) is 0.